The van der Waals surface area contributed by atoms with Crippen LogP contribution in [-0.4, -0.2) is 27.2 Å². The lowest BCUT2D eigenvalue weighted by Crippen LogP contribution is -2.29. The lowest BCUT2D eigenvalue weighted by molar-refractivity contribution is -0.137. The molecule has 1 aromatic heterocycles. The summed E-state index contributed by atoms with van der Waals surface area (Å²) in [4.78, 5) is 24.0. The van der Waals surface area contributed by atoms with Crippen LogP contribution in [0.25, 0.3) is 11.1 Å². The Morgan fingerprint density at radius 1 is 0.912 bits per heavy atom. The third-order valence-electron chi connectivity index (χ3n) is 5.26. The van der Waals surface area contributed by atoms with Crippen molar-refractivity contribution in [2.45, 2.75) is 25.3 Å². The maximum Gasteiger partial charge on any atom is 0.303 e. The largest absolute Gasteiger partial charge is 0.481 e. The molecule has 3 aromatic carbocycles. The molecule has 0 radical (unpaired) electrons. The lowest BCUT2D eigenvalue weighted by atomic mass is 10.0. The van der Waals surface area contributed by atoms with Crippen LogP contribution in [0, 0.1) is 5.82 Å². The summed E-state index contributed by atoms with van der Waals surface area (Å²) in [6.07, 6.45) is 0.183. The van der Waals surface area contributed by atoms with Crippen LogP contribution >= 0.6 is 0 Å². The molecule has 4 aromatic rings. The van der Waals surface area contributed by atoms with Crippen molar-refractivity contribution < 1.29 is 23.5 Å². The standard InChI is InChI=1S/C26H22FN3O4/c27-21-12-6-17(7-13-21)16-23-29-30-26(34-23)22(14-15-24(31)32)28-25(33)20-10-8-19(9-11-20)18-4-2-1-3-5-18/h1-13,22H,14-16H2,(H,28,33)(H,31,32)/t22-/m0/s1. The van der Waals surface area contributed by atoms with Gasteiger partial charge in [0, 0.05) is 12.0 Å². The third kappa shape index (κ3) is 5.92. The van der Waals surface area contributed by atoms with E-state index in [9.17, 15) is 14.0 Å². The number of carbonyl (C=O) groups is 2. The van der Waals surface area contributed by atoms with E-state index in [1.54, 1.807) is 24.3 Å². The second kappa shape index (κ2) is 10.5. The fraction of sp³-hybridized carbons (Fsp3) is 0.154. The summed E-state index contributed by atoms with van der Waals surface area (Å²) in [6, 6.07) is 22.0. The maximum absolute atomic E-state index is 13.1. The minimum atomic E-state index is -1.00. The molecule has 0 saturated carbocycles. The van der Waals surface area contributed by atoms with Crippen molar-refractivity contribution >= 4 is 11.9 Å². The molecule has 0 saturated heterocycles. The molecule has 0 aliphatic carbocycles. The summed E-state index contributed by atoms with van der Waals surface area (Å²) in [6.45, 7) is 0. The number of benzene rings is 3. The summed E-state index contributed by atoms with van der Waals surface area (Å²) in [5, 5.41) is 19.9. The Balaban J connectivity index is 1.47. The Hall–Kier alpha value is -4.33. The second-order valence-corrected chi connectivity index (χ2v) is 7.74. The number of hydrogen-bond acceptors (Lipinski definition) is 5. The van der Waals surface area contributed by atoms with E-state index in [0.29, 0.717) is 5.56 Å². The van der Waals surface area contributed by atoms with Gasteiger partial charge in [0.2, 0.25) is 11.8 Å². The Morgan fingerprint density at radius 2 is 1.59 bits per heavy atom. The molecule has 1 amide bonds. The summed E-state index contributed by atoms with van der Waals surface area (Å²) in [5.41, 5.74) is 3.21. The molecule has 1 heterocycles. The molecule has 0 unspecified atom stereocenters. The van der Waals surface area contributed by atoms with Crippen LogP contribution in [0.1, 0.15) is 46.6 Å². The van der Waals surface area contributed by atoms with Gasteiger partial charge in [-0.1, -0.05) is 54.6 Å². The summed E-state index contributed by atoms with van der Waals surface area (Å²) in [7, 11) is 0. The summed E-state index contributed by atoms with van der Waals surface area (Å²) in [5.74, 6) is -1.33. The molecule has 0 aliphatic heterocycles. The highest BCUT2D eigenvalue weighted by Gasteiger charge is 2.23. The van der Waals surface area contributed by atoms with Crippen LogP contribution in [0.3, 0.4) is 0 Å². The van der Waals surface area contributed by atoms with E-state index in [0.717, 1.165) is 16.7 Å². The van der Waals surface area contributed by atoms with Crippen molar-refractivity contribution in [2.75, 3.05) is 0 Å². The van der Waals surface area contributed by atoms with E-state index in [1.807, 2.05) is 42.5 Å². The van der Waals surface area contributed by atoms with Gasteiger partial charge in [0.1, 0.15) is 11.9 Å². The molecule has 7 nitrogen and oxygen atoms in total. The van der Waals surface area contributed by atoms with E-state index >= 15 is 0 Å². The van der Waals surface area contributed by atoms with Gasteiger partial charge in [0.25, 0.3) is 5.91 Å². The molecule has 0 fully saturated rings. The quantitative estimate of drug-likeness (QED) is 0.372. The highest BCUT2D eigenvalue weighted by atomic mass is 19.1. The molecule has 0 bridgehead atoms. The minimum Gasteiger partial charge on any atom is -0.481 e. The average molecular weight is 459 g/mol. The van der Waals surface area contributed by atoms with E-state index in [2.05, 4.69) is 15.5 Å². The van der Waals surface area contributed by atoms with Crippen molar-refractivity contribution in [2.24, 2.45) is 0 Å². The summed E-state index contributed by atoms with van der Waals surface area (Å²) < 4.78 is 18.8. The van der Waals surface area contributed by atoms with Crippen LogP contribution in [0.5, 0.6) is 0 Å². The van der Waals surface area contributed by atoms with E-state index in [-0.39, 0.29) is 42.8 Å². The number of halogens is 1. The Labute approximate surface area is 195 Å². The van der Waals surface area contributed by atoms with Crippen molar-refractivity contribution in [3.8, 4) is 11.1 Å². The molecular formula is C26H22FN3O4. The topological polar surface area (TPSA) is 105 Å². The first-order chi connectivity index (χ1) is 16.5. The van der Waals surface area contributed by atoms with Crippen LogP contribution < -0.4 is 5.32 Å². The molecular weight excluding hydrogens is 437 g/mol. The Morgan fingerprint density at radius 3 is 2.26 bits per heavy atom. The third-order valence-corrected chi connectivity index (χ3v) is 5.26. The Kier molecular flexibility index (Phi) is 7.07. The number of rotatable bonds is 9. The number of amides is 1. The van der Waals surface area contributed by atoms with Gasteiger partial charge < -0.3 is 14.8 Å². The van der Waals surface area contributed by atoms with Crippen molar-refractivity contribution in [3.05, 3.63) is 108 Å². The molecule has 0 spiro atoms. The van der Waals surface area contributed by atoms with Gasteiger partial charge in [-0.25, -0.2) is 4.39 Å². The van der Waals surface area contributed by atoms with Crippen LogP contribution in [-0.2, 0) is 11.2 Å². The Bertz CT molecular complexity index is 1260. The molecule has 34 heavy (non-hydrogen) atoms. The van der Waals surface area contributed by atoms with Crippen LogP contribution in [0.4, 0.5) is 4.39 Å². The normalized spacial score (nSPS) is 11.7. The summed E-state index contributed by atoms with van der Waals surface area (Å²) >= 11 is 0. The number of aromatic nitrogens is 2. The van der Waals surface area contributed by atoms with Crippen LogP contribution in [0.15, 0.2) is 83.3 Å². The van der Waals surface area contributed by atoms with Crippen molar-refractivity contribution in [1.82, 2.24) is 15.5 Å². The number of hydrogen-bond donors (Lipinski definition) is 2. The van der Waals surface area contributed by atoms with Gasteiger partial charge in [-0.05, 0) is 47.4 Å². The number of carboxylic acid groups (broad SMARTS) is 1. The number of nitrogens with one attached hydrogen (secondary N) is 1. The molecule has 2 N–H and O–H groups in total. The van der Waals surface area contributed by atoms with Gasteiger partial charge in [0.05, 0.1) is 6.42 Å². The number of carboxylic acids is 1. The average Bonchev–Trinajstić information content (AvgIpc) is 3.32. The van der Waals surface area contributed by atoms with E-state index in [1.165, 1.54) is 12.1 Å². The SMILES string of the molecule is O=C(O)CC[C@H](NC(=O)c1ccc(-c2ccccc2)cc1)c1nnc(Cc2ccc(F)cc2)o1. The van der Waals surface area contributed by atoms with Gasteiger partial charge in [-0.3, -0.25) is 9.59 Å². The fourth-order valence-corrected chi connectivity index (χ4v) is 3.47. The highest BCUT2D eigenvalue weighted by molar-refractivity contribution is 5.94. The monoisotopic (exact) mass is 459 g/mol. The van der Waals surface area contributed by atoms with Gasteiger partial charge in [-0.2, -0.15) is 0 Å². The molecule has 0 aliphatic rings. The first-order valence-corrected chi connectivity index (χ1v) is 10.7. The first kappa shape index (κ1) is 22.8. The van der Waals surface area contributed by atoms with Gasteiger partial charge in [-0.15, -0.1) is 10.2 Å². The molecule has 1 atom stereocenters. The molecule has 8 heteroatoms. The minimum absolute atomic E-state index is 0.0847. The van der Waals surface area contributed by atoms with Crippen molar-refractivity contribution in [3.63, 3.8) is 0 Å². The lowest BCUT2D eigenvalue weighted by Gasteiger charge is -2.14. The van der Waals surface area contributed by atoms with Crippen molar-refractivity contribution in [1.29, 1.82) is 0 Å². The van der Waals surface area contributed by atoms with Gasteiger partial charge in [0.15, 0.2) is 0 Å². The molecule has 172 valence electrons. The fourth-order valence-electron chi connectivity index (χ4n) is 3.47. The smallest absolute Gasteiger partial charge is 0.303 e. The van der Waals surface area contributed by atoms with E-state index in [4.69, 9.17) is 9.52 Å². The number of carbonyl (C=O) groups excluding carboxylic acids is 1. The zero-order valence-corrected chi connectivity index (χ0v) is 18.1. The van der Waals surface area contributed by atoms with E-state index < -0.39 is 12.0 Å². The van der Waals surface area contributed by atoms with Crippen LogP contribution in [0.2, 0.25) is 0 Å². The highest BCUT2D eigenvalue weighted by Crippen LogP contribution is 2.22. The predicted molar refractivity (Wildman–Crippen MR) is 122 cm³/mol. The number of nitrogens with zero attached hydrogens (tertiary/aromatic N) is 2. The second-order valence-electron chi connectivity index (χ2n) is 7.74. The zero-order chi connectivity index (χ0) is 23.9. The maximum atomic E-state index is 13.1. The molecule has 4 rings (SSSR count). The first-order valence-electron chi connectivity index (χ1n) is 10.7. The zero-order valence-electron chi connectivity index (χ0n) is 18.1. The number of aliphatic carboxylic acids is 1. The van der Waals surface area contributed by atoms with Gasteiger partial charge >= 0.3 is 5.97 Å². The predicted octanol–water partition coefficient (Wildman–Crippen LogP) is 4.80.